The van der Waals surface area contributed by atoms with Gasteiger partial charge in [-0.15, -0.1) is 0 Å². The molecule has 28 heavy (non-hydrogen) atoms. The van der Waals surface area contributed by atoms with Crippen molar-refractivity contribution in [3.05, 3.63) is 59.1 Å². The zero-order valence-corrected chi connectivity index (χ0v) is 15.8. The Morgan fingerprint density at radius 3 is 2.43 bits per heavy atom. The SMILES string of the molecule is O=C1CCC(=O)N(c2ccc(C(=O)OCCCOc3ccc(Cl)cc3)cc2)N1. The molecule has 1 saturated heterocycles. The molecule has 1 fully saturated rings. The van der Waals surface area contributed by atoms with Crippen molar-refractivity contribution >= 4 is 35.1 Å². The van der Waals surface area contributed by atoms with Gasteiger partial charge in [-0.3, -0.25) is 15.0 Å². The van der Waals surface area contributed by atoms with Crippen LogP contribution < -0.4 is 15.2 Å². The minimum absolute atomic E-state index is 0.160. The average Bonchev–Trinajstić information content (AvgIpc) is 2.71. The van der Waals surface area contributed by atoms with E-state index in [1.165, 1.54) is 5.01 Å². The van der Waals surface area contributed by atoms with Crippen molar-refractivity contribution in [2.75, 3.05) is 18.2 Å². The first-order valence-corrected chi connectivity index (χ1v) is 9.19. The molecule has 0 radical (unpaired) electrons. The number of hydrogen-bond acceptors (Lipinski definition) is 5. The molecule has 2 aromatic rings. The summed E-state index contributed by atoms with van der Waals surface area (Å²) < 4.78 is 10.7. The number of esters is 1. The van der Waals surface area contributed by atoms with Gasteiger partial charge in [0.25, 0.3) is 0 Å². The van der Waals surface area contributed by atoms with Crippen molar-refractivity contribution in [3.8, 4) is 5.75 Å². The summed E-state index contributed by atoms with van der Waals surface area (Å²) in [5.74, 6) is -0.183. The Kier molecular flexibility index (Phi) is 6.49. The van der Waals surface area contributed by atoms with Crippen LogP contribution in [0.1, 0.15) is 29.6 Å². The lowest BCUT2D eigenvalue weighted by atomic mass is 10.2. The van der Waals surface area contributed by atoms with Gasteiger partial charge in [-0.2, -0.15) is 0 Å². The van der Waals surface area contributed by atoms with Crippen LogP contribution >= 0.6 is 11.6 Å². The van der Waals surface area contributed by atoms with Gasteiger partial charge in [-0.25, -0.2) is 9.80 Å². The Hall–Kier alpha value is -3.06. The fourth-order valence-electron chi connectivity index (χ4n) is 2.56. The molecule has 2 aromatic carbocycles. The Balaban J connectivity index is 1.43. The van der Waals surface area contributed by atoms with Gasteiger partial charge in [0.05, 0.1) is 24.5 Å². The van der Waals surface area contributed by atoms with Crippen LogP contribution in [-0.4, -0.2) is 31.0 Å². The van der Waals surface area contributed by atoms with Gasteiger partial charge < -0.3 is 9.47 Å². The van der Waals surface area contributed by atoms with E-state index in [0.717, 1.165) is 0 Å². The van der Waals surface area contributed by atoms with E-state index in [4.69, 9.17) is 21.1 Å². The topological polar surface area (TPSA) is 84.9 Å². The number of ether oxygens (including phenoxy) is 2. The zero-order valence-electron chi connectivity index (χ0n) is 15.0. The molecule has 7 nitrogen and oxygen atoms in total. The number of hydrazine groups is 1. The molecule has 0 atom stereocenters. The third-order valence-corrected chi connectivity index (χ3v) is 4.27. The Morgan fingerprint density at radius 1 is 1.00 bits per heavy atom. The van der Waals surface area contributed by atoms with Crippen LogP contribution in [0.4, 0.5) is 5.69 Å². The standard InChI is InChI=1S/C20H19ClN2O5/c21-15-4-8-17(9-5-15)27-12-1-13-28-20(26)14-2-6-16(7-3-14)23-19(25)11-10-18(24)22-23/h2-9H,1,10-13H2,(H,22,24). The van der Waals surface area contributed by atoms with Gasteiger partial charge in [-0.1, -0.05) is 11.6 Å². The van der Waals surface area contributed by atoms with Crippen LogP contribution in [0.15, 0.2) is 48.5 Å². The van der Waals surface area contributed by atoms with Crippen molar-refractivity contribution < 1.29 is 23.9 Å². The molecule has 0 aliphatic carbocycles. The first-order valence-electron chi connectivity index (χ1n) is 8.81. The number of nitrogens with one attached hydrogen (secondary N) is 1. The highest BCUT2D eigenvalue weighted by atomic mass is 35.5. The van der Waals surface area contributed by atoms with E-state index in [0.29, 0.717) is 35.1 Å². The molecule has 146 valence electrons. The number of carbonyl (C=O) groups is 3. The largest absolute Gasteiger partial charge is 0.493 e. The second kappa shape index (κ2) is 9.23. The van der Waals surface area contributed by atoms with Crippen LogP contribution in [0.5, 0.6) is 5.75 Å². The fraction of sp³-hybridized carbons (Fsp3) is 0.250. The summed E-state index contributed by atoms with van der Waals surface area (Å²) in [4.78, 5) is 35.4. The summed E-state index contributed by atoms with van der Waals surface area (Å²) in [6.45, 7) is 0.624. The first kappa shape index (κ1) is 19.7. The summed E-state index contributed by atoms with van der Waals surface area (Å²) in [7, 11) is 0. The van der Waals surface area contributed by atoms with Gasteiger partial charge in [-0.05, 0) is 48.5 Å². The lowest BCUT2D eigenvalue weighted by Gasteiger charge is -2.27. The van der Waals surface area contributed by atoms with E-state index >= 15 is 0 Å². The van der Waals surface area contributed by atoms with Crippen LogP contribution in [0.25, 0.3) is 0 Å². The molecule has 2 amide bonds. The Bertz CT molecular complexity index is 852. The van der Waals surface area contributed by atoms with Crippen LogP contribution in [0.2, 0.25) is 5.02 Å². The van der Waals surface area contributed by atoms with Crippen molar-refractivity contribution in [2.45, 2.75) is 19.3 Å². The Labute approximate surface area is 167 Å². The van der Waals surface area contributed by atoms with E-state index in [1.54, 1.807) is 48.5 Å². The first-order chi connectivity index (χ1) is 13.5. The quantitative estimate of drug-likeness (QED) is 0.568. The maximum Gasteiger partial charge on any atom is 0.338 e. The predicted octanol–water partition coefficient (Wildman–Crippen LogP) is 3.12. The van der Waals surface area contributed by atoms with E-state index in [2.05, 4.69) is 5.43 Å². The molecule has 0 unspecified atom stereocenters. The number of halogens is 1. The molecule has 1 aliphatic rings. The van der Waals surface area contributed by atoms with Crippen molar-refractivity contribution in [2.24, 2.45) is 0 Å². The van der Waals surface area contributed by atoms with E-state index in [9.17, 15) is 14.4 Å². The highest BCUT2D eigenvalue weighted by Crippen LogP contribution is 2.18. The molecular formula is C20H19ClN2O5. The molecule has 1 heterocycles. The normalized spacial score (nSPS) is 13.8. The molecule has 0 spiro atoms. The van der Waals surface area contributed by atoms with Gasteiger partial charge in [0.2, 0.25) is 11.8 Å². The molecule has 0 bridgehead atoms. The minimum Gasteiger partial charge on any atom is -0.493 e. The predicted molar refractivity (Wildman–Crippen MR) is 103 cm³/mol. The summed E-state index contributed by atoms with van der Waals surface area (Å²) in [6.07, 6.45) is 0.885. The van der Waals surface area contributed by atoms with E-state index < -0.39 is 5.97 Å². The minimum atomic E-state index is -0.466. The van der Waals surface area contributed by atoms with Gasteiger partial charge in [0.15, 0.2) is 0 Å². The third-order valence-electron chi connectivity index (χ3n) is 4.02. The number of benzene rings is 2. The highest BCUT2D eigenvalue weighted by molar-refractivity contribution is 6.30. The molecule has 1 N–H and O–H groups in total. The van der Waals surface area contributed by atoms with Crippen LogP contribution in [0.3, 0.4) is 0 Å². The second-order valence-corrected chi connectivity index (χ2v) is 6.54. The monoisotopic (exact) mass is 402 g/mol. The maximum atomic E-state index is 12.1. The van der Waals surface area contributed by atoms with Crippen molar-refractivity contribution in [1.29, 1.82) is 0 Å². The molecular weight excluding hydrogens is 384 g/mol. The molecule has 1 aliphatic heterocycles. The molecule has 8 heteroatoms. The number of rotatable bonds is 7. The van der Waals surface area contributed by atoms with E-state index in [-0.39, 0.29) is 31.3 Å². The van der Waals surface area contributed by atoms with Gasteiger partial charge >= 0.3 is 5.97 Å². The number of nitrogens with zero attached hydrogens (tertiary/aromatic N) is 1. The summed E-state index contributed by atoms with van der Waals surface area (Å²) in [5.41, 5.74) is 3.35. The number of amides is 2. The molecule has 0 saturated carbocycles. The van der Waals surface area contributed by atoms with Gasteiger partial charge in [0, 0.05) is 24.3 Å². The van der Waals surface area contributed by atoms with Crippen molar-refractivity contribution in [3.63, 3.8) is 0 Å². The average molecular weight is 403 g/mol. The summed E-state index contributed by atoms with van der Waals surface area (Å²) >= 11 is 5.81. The fourth-order valence-corrected chi connectivity index (χ4v) is 2.68. The summed E-state index contributed by atoms with van der Waals surface area (Å²) in [5, 5.41) is 1.83. The van der Waals surface area contributed by atoms with E-state index in [1.807, 2.05) is 0 Å². The maximum absolute atomic E-state index is 12.1. The number of anilines is 1. The second-order valence-electron chi connectivity index (χ2n) is 6.10. The van der Waals surface area contributed by atoms with Crippen molar-refractivity contribution in [1.82, 2.24) is 5.43 Å². The zero-order chi connectivity index (χ0) is 19.9. The smallest absolute Gasteiger partial charge is 0.338 e. The highest BCUT2D eigenvalue weighted by Gasteiger charge is 2.24. The van der Waals surface area contributed by atoms with Crippen LogP contribution in [-0.2, 0) is 14.3 Å². The number of carbonyl (C=O) groups excluding carboxylic acids is 3. The Morgan fingerprint density at radius 2 is 1.71 bits per heavy atom. The van der Waals surface area contributed by atoms with Gasteiger partial charge in [0.1, 0.15) is 5.75 Å². The third kappa shape index (κ3) is 5.23. The summed E-state index contributed by atoms with van der Waals surface area (Å²) in [6, 6.07) is 13.3. The lowest BCUT2D eigenvalue weighted by molar-refractivity contribution is -0.130. The number of hydrogen-bond donors (Lipinski definition) is 1. The van der Waals surface area contributed by atoms with Crippen LogP contribution in [0, 0.1) is 0 Å². The molecule has 0 aromatic heterocycles. The lowest BCUT2D eigenvalue weighted by Crippen LogP contribution is -2.50. The molecule has 3 rings (SSSR count).